The van der Waals surface area contributed by atoms with Crippen LogP contribution in [0.5, 0.6) is 0 Å². The first-order valence-corrected chi connectivity index (χ1v) is 14.1. The van der Waals surface area contributed by atoms with E-state index in [0.29, 0.717) is 21.3 Å². The summed E-state index contributed by atoms with van der Waals surface area (Å²) in [5.41, 5.74) is 6.53. The van der Waals surface area contributed by atoms with Gasteiger partial charge in [0.15, 0.2) is 0 Å². The Morgan fingerprint density at radius 1 is 0.974 bits per heavy atom. The van der Waals surface area contributed by atoms with Gasteiger partial charge in [0.1, 0.15) is 0 Å². The number of aryl methyl sites for hydroxylation is 3. The lowest BCUT2D eigenvalue weighted by atomic mass is 10.00. The Labute approximate surface area is 239 Å². The highest BCUT2D eigenvalue weighted by Gasteiger charge is 2.29. The van der Waals surface area contributed by atoms with Crippen LogP contribution >= 0.6 is 23.2 Å². The third-order valence-corrected chi connectivity index (χ3v) is 8.27. The van der Waals surface area contributed by atoms with Crippen molar-refractivity contribution in [3.05, 3.63) is 86.7 Å². The molecule has 1 aliphatic heterocycles. The fourth-order valence-electron chi connectivity index (χ4n) is 5.67. The first kappa shape index (κ1) is 27.3. The van der Waals surface area contributed by atoms with E-state index >= 15 is 0 Å². The summed E-state index contributed by atoms with van der Waals surface area (Å²) < 4.78 is 0. The number of urea groups is 1. The Balaban J connectivity index is 1.21. The van der Waals surface area contributed by atoms with Crippen LogP contribution < -0.4 is 15.5 Å². The second-order valence-corrected chi connectivity index (χ2v) is 11.3. The highest BCUT2D eigenvalue weighted by Crippen LogP contribution is 2.33. The van der Waals surface area contributed by atoms with E-state index in [2.05, 4.69) is 32.7 Å². The molecule has 0 saturated carbocycles. The van der Waals surface area contributed by atoms with Crippen molar-refractivity contribution in [2.75, 3.05) is 30.4 Å². The van der Waals surface area contributed by atoms with Crippen LogP contribution in [-0.2, 0) is 6.42 Å². The van der Waals surface area contributed by atoms with Crippen molar-refractivity contribution in [2.45, 2.75) is 51.6 Å². The quantitative estimate of drug-likeness (QED) is 0.367. The lowest BCUT2D eigenvalue weighted by Crippen LogP contribution is -2.45. The number of rotatable bonds is 5. The van der Waals surface area contributed by atoms with Crippen molar-refractivity contribution in [2.24, 2.45) is 0 Å². The summed E-state index contributed by atoms with van der Waals surface area (Å²) in [5, 5.41) is 6.70. The number of anilines is 2. The van der Waals surface area contributed by atoms with E-state index in [1.807, 2.05) is 44.0 Å². The number of fused-ring (bicyclic) bond motifs is 1. The van der Waals surface area contributed by atoms with Crippen molar-refractivity contribution < 1.29 is 9.59 Å². The number of pyridine rings is 1. The number of benzene rings is 2. The Bertz CT molecular complexity index is 1380. The van der Waals surface area contributed by atoms with E-state index in [1.165, 1.54) is 5.69 Å². The molecule has 2 aromatic carbocycles. The number of aromatic nitrogens is 1. The van der Waals surface area contributed by atoms with E-state index in [9.17, 15) is 9.59 Å². The molecule has 7 nitrogen and oxygen atoms in total. The van der Waals surface area contributed by atoms with Gasteiger partial charge in [-0.2, -0.15) is 0 Å². The molecule has 5 rings (SSSR count). The first-order chi connectivity index (χ1) is 18.7. The van der Waals surface area contributed by atoms with Gasteiger partial charge < -0.3 is 20.4 Å². The number of hydrogen-bond donors (Lipinski definition) is 2. The number of nitrogens with one attached hydrogen (secondary N) is 2. The SMILES string of the molecule is Cc1cc(N2CCC(N(C)C(=O)c3ccc4c(c3)C(NC(=O)Nc3ccc(Cl)cc3Cl)CC4)CC2)cc(C)n1. The first-order valence-electron chi connectivity index (χ1n) is 13.3. The normalized spacial score (nSPS) is 17.1. The summed E-state index contributed by atoms with van der Waals surface area (Å²) in [6, 6.07) is 14.7. The minimum absolute atomic E-state index is 0.00916. The van der Waals surface area contributed by atoms with Crippen LogP contribution in [-0.4, -0.2) is 48.0 Å². The maximum absolute atomic E-state index is 13.5. The topological polar surface area (TPSA) is 77.6 Å². The molecule has 204 valence electrons. The summed E-state index contributed by atoms with van der Waals surface area (Å²) in [6.07, 6.45) is 3.44. The number of carbonyl (C=O) groups is 2. The minimum atomic E-state index is -0.350. The average molecular weight is 567 g/mol. The highest BCUT2D eigenvalue weighted by atomic mass is 35.5. The maximum atomic E-state index is 13.5. The Morgan fingerprint density at radius 3 is 2.38 bits per heavy atom. The van der Waals surface area contributed by atoms with Gasteiger partial charge in [-0.15, -0.1) is 0 Å². The van der Waals surface area contributed by atoms with Gasteiger partial charge >= 0.3 is 6.03 Å². The Kier molecular flexibility index (Phi) is 8.01. The Morgan fingerprint density at radius 2 is 1.69 bits per heavy atom. The predicted molar refractivity (Wildman–Crippen MR) is 157 cm³/mol. The third-order valence-electron chi connectivity index (χ3n) is 7.72. The molecule has 1 aliphatic carbocycles. The summed E-state index contributed by atoms with van der Waals surface area (Å²) in [6.45, 7) is 5.84. The number of halogens is 2. The van der Waals surface area contributed by atoms with Gasteiger partial charge in [0.2, 0.25) is 0 Å². The fraction of sp³-hybridized carbons (Fsp3) is 0.367. The summed E-state index contributed by atoms with van der Waals surface area (Å²) in [7, 11) is 1.90. The molecule has 2 N–H and O–H groups in total. The van der Waals surface area contributed by atoms with Crippen LogP contribution in [0.1, 0.15) is 58.2 Å². The summed E-state index contributed by atoms with van der Waals surface area (Å²) in [4.78, 5) is 35.0. The molecule has 2 heterocycles. The number of amides is 3. The molecule has 1 atom stereocenters. The van der Waals surface area contributed by atoms with E-state index in [0.717, 1.165) is 61.3 Å². The van der Waals surface area contributed by atoms with E-state index in [1.54, 1.807) is 18.2 Å². The van der Waals surface area contributed by atoms with Crippen molar-refractivity contribution in [1.82, 2.24) is 15.2 Å². The molecular weight excluding hydrogens is 533 g/mol. The largest absolute Gasteiger partial charge is 0.371 e. The zero-order chi connectivity index (χ0) is 27.7. The fourth-order valence-corrected chi connectivity index (χ4v) is 6.12. The third kappa shape index (κ3) is 6.15. The van der Waals surface area contributed by atoms with Crippen LogP contribution in [0.3, 0.4) is 0 Å². The molecule has 0 radical (unpaired) electrons. The summed E-state index contributed by atoms with van der Waals surface area (Å²) >= 11 is 12.2. The summed E-state index contributed by atoms with van der Waals surface area (Å²) in [5.74, 6) is 0.00916. The van der Waals surface area contributed by atoms with E-state index < -0.39 is 0 Å². The average Bonchev–Trinajstić information content (AvgIpc) is 3.30. The van der Waals surface area contributed by atoms with Crippen molar-refractivity contribution in [1.29, 1.82) is 0 Å². The van der Waals surface area contributed by atoms with Crippen molar-refractivity contribution in [3.63, 3.8) is 0 Å². The van der Waals surface area contributed by atoms with Crippen LogP contribution in [0.2, 0.25) is 10.0 Å². The molecule has 3 amide bonds. The van der Waals surface area contributed by atoms with Gasteiger partial charge in [0.05, 0.1) is 16.8 Å². The minimum Gasteiger partial charge on any atom is -0.371 e. The molecule has 2 aliphatic rings. The highest BCUT2D eigenvalue weighted by molar-refractivity contribution is 6.36. The molecule has 3 aromatic rings. The number of hydrogen-bond acceptors (Lipinski definition) is 4. The molecule has 9 heteroatoms. The second-order valence-electron chi connectivity index (χ2n) is 10.5. The smallest absolute Gasteiger partial charge is 0.319 e. The van der Waals surface area contributed by atoms with Crippen LogP contribution in [0.25, 0.3) is 0 Å². The zero-order valence-corrected chi connectivity index (χ0v) is 23.9. The maximum Gasteiger partial charge on any atom is 0.319 e. The lowest BCUT2D eigenvalue weighted by molar-refractivity contribution is 0.0709. The monoisotopic (exact) mass is 565 g/mol. The molecule has 39 heavy (non-hydrogen) atoms. The van der Waals surface area contributed by atoms with E-state index in [4.69, 9.17) is 23.2 Å². The van der Waals surface area contributed by atoms with Crippen molar-refractivity contribution >= 4 is 46.5 Å². The molecule has 1 aromatic heterocycles. The van der Waals surface area contributed by atoms with Crippen molar-refractivity contribution in [3.8, 4) is 0 Å². The molecule has 0 spiro atoms. The number of carbonyl (C=O) groups excluding carboxylic acids is 2. The van der Waals surface area contributed by atoms with Gasteiger partial charge in [-0.1, -0.05) is 29.3 Å². The lowest BCUT2D eigenvalue weighted by Gasteiger charge is -2.38. The van der Waals surface area contributed by atoms with Gasteiger partial charge in [0.25, 0.3) is 5.91 Å². The Hall–Kier alpha value is -3.29. The molecule has 1 saturated heterocycles. The zero-order valence-electron chi connectivity index (χ0n) is 22.4. The molecular formula is C30H33Cl2N5O2. The second kappa shape index (κ2) is 11.4. The van der Waals surface area contributed by atoms with E-state index in [-0.39, 0.29) is 24.0 Å². The molecule has 1 fully saturated rings. The standard InChI is InChI=1S/C30H33Cl2N5O2/c1-18-14-24(15-19(2)33-18)37-12-10-23(11-13-37)36(3)29(38)21-5-4-20-6-8-27(25(20)16-21)34-30(39)35-28-9-7-22(31)17-26(28)32/h4-5,7,9,14-17,23,27H,6,8,10-13H2,1-3H3,(H2,34,35,39). The van der Waals surface area contributed by atoms with Crippen LogP contribution in [0, 0.1) is 13.8 Å². The number of nitrogens with zero attached hydrogens (tertiary/aromatic N) is 3. The van der Waals surface area contributed by atoms with Gasteiger partial charge in [-0.25, -0.2) is 4.79 Å². The van der Waals surface area contributed by atoms with Gasteiger partial charge in [-0.05, 0) is 93.1 Å². The van der Waals surface area contributed by atoms with Gasteiger partial charge in [0, 0.05) is 53.8 Å². The molecule has 0 bridgehead atoms. The van der Waals surface area contributed by atoms with Gasteiger partial charge in [-0.3, -0.25) is 9.78 Å². The molecule has 1 unspecified atom stereocenters. The van der Waals surface area contributed by atoms with Crippen LogP contribution in [0.15, 0.2) is 48.5 Å². The van der Waals surface area contributed by atoms with Crippen LogP contribution in [0.4, 0.5) is 16.2 Å². The predicted octanol–water partition coefficient (Wildman–Crippen LogP) is 6.56. The number of piperidine rings is 1.